The first-order chi connectivity index (χ1) is 14.6. The van der Waals surface area contributed by atoms with Crippen LogP contribution in [-0.4, -0.2) is 51.8 Å². The monoisotopic (exact) mass is 410 g/mol. The van der Waals surface area contributed by atoms with Crippen molar-refractivity contribution in [3.05, 3.63) is 53.6 Å². The summed E-state index contributed by atoms with van der Waals surface area (Å²) in [6.07, 6.45) is 2.40. The van der Waals surface area contributed by atoms with E-state index in [4.69, 9.17) is 9.47 Å². The molecular weight excluding hydrogens is 376 g/mol. The van der Waals surface area contributed by atoms with E-state index in [0.29, 0.717) is 17.4 Å². The maximum atomic E-state index is 5.38. The number of nitrogens with zero attached hydrogens (tertiary/aromatic N) is 2. The highest BCUT2D eigenvalue weighted by molar-refractivity contribution is 5.93. The van der Waals surface area contributed by atoms with E-state index in [0.717, 1.165) is 37.8 Å². The minimum Gasteiger partial charge on any atom is -0.493 e. The molecule has 1 saturated heterocycles. The molecule has 2 aromatic rings. The van der Waals surface area contributed by atoms with E-state index >= 15 is 0 Å². The highest BCUT2D eigenvalue weighted by Crippen LogP contribution is 2.29. The second-order valence-electron chi connectivity index (χ2n) is 7.85. The summed E-state index contributed by atoms with van der Waals surface area (Å²) in [6.45, 7) is 6.38. The smallest absolute Gasteiger partial charge is 0.195 e. The summed E-state index contributed by atoms with van der Waals surface area (Å²) in [5, 5.41) is 6.81. The summed E-state index contributed by atoms with van der Waals surface area (Å²) < 4.78 is 10.7. The minimum atomic E-state index is 0.656. The molecule has 0 unspecified atom stereocenters. The molecule has 2 N–H and O–H groups in total. The Hall–Kier alpha value is -2.73. The van der Waals surface area contributed by atoms with Crippen molar-refractivity contribution in [2.45, 2.75) is 26.3 Å². The molecule has 0 amide bonds. The van der Waals surface area contributed by atoms with Crippen molar-refractivity contribution < 1.29 is 9.47 Å². The van der Waals surface area contributed by atoms with Gasteiger partial charge in [0.25, 0.3) is 0 Å². The second-order valence-corrected chi connectivity index (χ2v) is 7.85. The number of anilines is 1. The molecule has 0 atom stereocenters. The molecule has 0 aromatic heterocycles. The summed E-state index contributed by atoms with van der Waals surface area (Å²) in [5.41, 5.74) is 3.63. The number of guanidine groups is 1. The number of benzene rings is 2. The molecule has 1 aliphatic rings. The van der Waals surface area contributed by atoms with Gasteiger partial charge < -0.3 is 20.1 Å². The van der Waals surface area contributed by atoms with Gasteiger partial charge in [0.2, 0.25) is 0 Å². The SMILES string of the molecule is CN=C(NCC1CCN(Cc2ccc(C)cc2)CC1)Nc1ccc(OC)c(OC)c1. The molecule has 1 aliphatic heterocycles. The van der Waals surface area contributed by atoms with E-state index in [9.17, 15) is 0 Å². The molecule has 0 aliphatic carbocycles. The lowest BCUT2D eigenvalue weighted by Crippen LogP contribution is -2.40. The maximum Gasteiger partial charge on any atom is 0.195 e. The Kier molecular flexibility index (Phi) is 7.97. The number of likely N-dealkylation sites (tertiary alicyclic amines) is 1. The van der Waals surface area contributed by atoms with E-state index in [-0.39, 0.29) is 0 Å². The lowest BCUT2D eigenvalue weighted by molar-refractivity contribution is 0.178. The Labute approximate surface area is 180 Å². The van der Waals surface area contributed by atoms with E-state index in [1.165, 1.54) is 24.0 Å². The van der Waals surface area contributed by atoms with Crippen LogP contribution in [0, 0.1) is 12.8 Å². The fraction of sp³-hybridized carbons (Fsp3) is 0.458. The van der Waals surface area contributed by atoms with Crippen LogP contribution in [0.1, 0.15) is 24.0 Å². The number of methoxy groups -OCH3 is 2. The zero-order valence-electron chi connectivity index (χ0n) is 18.6. The van der Waals surface area contributed by atoms with Gasteiger partial charge >= 0.3 is 0 Å². The predicted octanol–water partition coefficient (Wildman–Crippen LogP) is 3.91. The normalized spacial score (nSPS) is 15.7. The van der Waals surface area contributed by atoms with Gasteiger partial charge in [-0.15, -0.1) is 0 Å². The van der Waals surface area contributed by atoms with Crippen LogP contribution < -0.4 is 20.1 Å². The number of hydrogen-bond acceptors (Lipinski definition) is 4. The molecule has 0 bridgehead atoms. The second kappa shape index (κ2) is 10.9. The van der Waals surface area contributed by atoms with Gasteiger partial charge in [0.1, 0.15) is 0 Å². The molecule has 6 nitrogen and oxygen atoms in total. The molecule has 1 heterocycles. The number of rotatable bonds is 7. The zero-order chi connectivity index (χ0) is 21.3. The average Bonchev–Trinajstić information content (AvgIpc) is 2.79. The van der Waals surface area contributed by atoms with Gasteiger partial charge in [-0.2, -0.15) is 0 Å². The Morgan fingerprint density at radius 1 is 1.03 bits per heavy atom. The third kappa shape index (κ3) is 6.13. The lowest BCUT2D eigenvalue weighted by atomic mass is 9.96. The van der Waals surface area contributed by atoms with Crippen LogP contribution in [0.4, 0.5) is 5.69 Å². The van der Waals surface area contributed by atoms with E-state index < -0.39 is 0 Å². The fourth-order valence-electron chi connectivity index (χ4n) is 3.77. The first kappa shape index (κ1) is 22.0. The summed E-state index contributed by atoms with van der Waals surface area (Å²) >= 11 is 0. The maximum absolute atomic E-state index is 5.38. The molecular formula is C24H34N4O2. The van der Waals surface area contributed by atoms with Crippen LogP contribution in [0.25, 0.3) is 0 Å². The Balaban J connectivity index is 1.44. The molecule has 1 fully saturated rings. The number of aliphatic imine (C=N–C) groups is 1. The molecule has 3 rings (SSSR count). The third-order valence-electron chi connectivity index (χ3n) is 5.66. The topological polar surface area (TPSA) is 58.1 Å². The van der Waals surface area contributed by atoms with Crippen LogP contribution in [0.2, 0.25) is 0 Å². The van der Waals surface area contributed by atoms with E-state index in [2.05, 4.69) is 51.7 Å². The molecule has 30 heavy (non-hydrogen) atoms. The van der Waals surface area contributed by atoms with Crippen molar-refractivity contribution in [1.29, 1.82) is 0 Å². The quantitative estimate of drug-likeness (QED) is 0.535. The summed E-state index contributed by atoms with van der Waals surface area (Å²) in [4.78, 5) is 6.91. The Bertz CT molecular complexity index is 828. The van der Waals surface area contributed by atoms with Crippen LogP contribution in [0.3, 0.4) is 0 Å². The molecule has 0 radical (unpaired) electrons. The standard InChI is InChI=1S/C24H34N4O2/c1-18-5-7-20(8-6-18)17-28-13-11-19(12-14-28)16-26-24(25-2)27-21-9-10-22(29-3)23(15-21)30-4/h5-10,15,19H,11-14,16-17H2,1-4H3,(H2,25,26,27). The number of ether oxygens (including phenoxy) is 2. The number of piperidine rings is 1. The van der Waals surface area contributed by atoms with Crippen molar-refractivity contribution >= 4 is 11.6 Å². The Morgan fingerprint density at radius 3 is 2.37 bits per heavy atom. The van der Waals surface area contributed by atoms with Crippen molar-refractivity contribution in [3.8, 4) is 11.5 Å². The first-order valence-corrected chi connectivity index (χ1v) is 10.6. The van der Waals surface area contributed by atoms with Crippen LogP contribution in [0.5, 0.6) is 11.5 Å². The molecule has 162 valence electrons. The number of hydrogen-bond donors (Lipinski definition) is 2. The average molecular weight is 411 g/mol. The van der Waals surface area contributed by atoms with Crippen molar-refractivity contribution in [3.63, 3.8) is 0 Å². The van der Waals surface area contributed by atoms with Gasteiger partial charge in [-0.1, -0.05) is 29.8 Å². The number of nitrogens with one attached hydrogen (secondary N) is 2. The van der Waals surface area contributed by atoms with Gasteiger partial charge in [0, 0.05) is 31.9 Å². The van der Waals surface area contributed by atoms with Crippen LogP contribution in [0.15, 0.2) is 47.5 Å². The third-order valence-corrected chi connectivity index (χ3v) is 5.66. The van der Waals surface area contributed by atoms with Gasteiger partial charge in [0.05, 0.1) is 14.2 Å². The van der Waals surface area contributed by atoms with Crippen molar-refractivity contribution in [1.82, 2.24) is 10.2 Å². The lowest BCUT2D eigenvalue weighted by Gasteiger charge is -2.32. The molecule has 0 spiro atoms. The predicted molar refractivity (Wildman–Crippen MR) is 124 cm³/mol. The number of aryl methyl sites for hydroxylation is 1. The minimum absolute atomic E-state index is 0.656. The van der Waals surface area contributed by atoms with Crippen LogP contribution in [-0.2, 0) is 6.54 Å². The summed E-state index contributed by atoms with van der Waals surface area (Å²) in [6, 6.07) is 14.6. The van der Waals surface area contributed by atoms with Crippen molar-refractivity contribution in [2.24, 2.45) is 10.9 Å². The van der Waals surface area contributed by atoms with Gasteiger partial charge in [-0.25, -0.2) is 0 Å². The highest BCUT2D eigenvalue weighted by atomic mass is 16.5. The zero-order valence-corrected chi connectivity index (χ0v) is 18.6. The van der Waals surface area contributed by atoms with Gasteiger partial charge in [-0.05, 0) is 56.5 Å². The van der Waals surface area contributed by atoms with Gasteiger partial charge in [-0.3, -0.25) is 9.89 Å². The molecule has 6 heteroatoms. The largest absolute Gasteiger partial charge is 0.493 e. The summed E-state index contributed by atoms with van der Waals surface area (Å²) in [5.74, 6) is 2.83. The van der Waals surface area contributed by atoms with Crippen LogP contribution >= 0.6 is 0 Å². The highest BCUT2D eigenvalue weighted by Gasteiger charge is 2.19. The van der Waals surface area contributed by atoms with E-state index in [1.54, 1.807) is 21.3 Å². The molecule has 2 aromatic carbocycles. The van der Waals surface area contributed by atoms with Gasteiger partial charge in [0.15, 0.2) is 17.5 Å². The van der Waals surface area contributed by atoms with E-state index in [1.807, 2.05) is 18.2 Å². The fourth-order valence-corrected chi connectivity index (χ4v) is 3.77. The molecule has 0 saturated carbocycles. The van der Waals surface area contributed by atoms with Crippen molar-refractivity contribution in [2.75, 3.05) is 46.2 Å². The Morgan fingerprint density at radius 2 is 1.73 bits per heavy atom. The summed E-state index contributed by atoms with van der Waals surface area (Å²) in [7, 11) is 5.07. The first-order valence-electron chi connectivity index (χ1n) is 10.6.